The molecule has 1 saturated heterocycles. The topological polar surface area (TPSA) is 29.1 Å². The van der Waals surface area contributed by atoms with Crippen molar-refractivity contribution in [2.45, 2.75) is 40.0 Å². The summed E-state index contributed by atoms with van der Waals surface area (Å²) >= 11 is 0. The van der Waals surface area contributed by atoms with Crippen molar-refractivity contribution < 1.29 is 4.79 Å². The highest BCUT2D eigenvalue weighted by atomic mass is 16.1. The highest BCUT2D eigenvalue weighted by Gasteiger charge is 2.42. The van der Waals surface area contributed by atoms with Crippen LogP contribution in [0.5, 0.6) is 0 Å². The molecule has 86 valence electrons. The monoisotopic (exact) mass is 209 g/mol. The van der Waals surface area contributed by atoms with Gasteiger partial charge in [0, 0.05) is 18.4 Å². The van der Waals surface area contributed by atoms with E-state index < -0.39 is 0 Å². The first kappa shape index (κ1) is 12.4. The minimum atomic E-state index is -0.127. The third-order valence-electron chi connectivity index (χ3n) is 3.76. The van der Waals surface area contributed by atoms with E-state index in [1.165, 1.54) is 0 Å². The molecule has 0 amide bonds. The van der Waals surface area contributed by atoms with E-state index in [-0.39, 0.29) is 5.41 Å². The van der Waals surface area contributed by atoms with Gasteiger partial charge in [-0.3, -0.25) is 4.79 Å². The predicted octanol–water partition coefficient (Wildman–Crippen LogP) is 2.55. The molecule has 1 aliphatic rings. The molecule has 1 heterocycles. The molecule has 0 radical (unpaired) electrons. The lowest BCUT2D eigenvalue weighted by molar-refractivity contribution is -0.129. The van der Waals surface area contributed by atoms with Gasteiger partial charge in [0.1, 0.15) is 5.78 Å². The van der Waals surface area contributed by atoms with Gasteiger partial charge < -0.3 is 5.32 Å². The number of Topliss-reactive ketones (excluding diaryl/α,β-unsaturated/α-hetero) is 1. The Balaban J connectivity index is 2.72. The van der Waals surface area contributed by atoms with Crippen LogP contribution in [-0.2, 0) is 4.79 Å². The Labute approximate surface area is 93.1 Å². The van der Waals surface area contributed by atoms with E-state index in [1.54, 1.807) is 0 Å². The van der Waals surface area contributed by atoms with Gasteiger partial charge in [0.25, 0.3) is 0 Å². The molecule has 0 aromatic rings. The van der Waals surface area contributed by atoms with E-state index in [4.69, 9.17) is 0 Å². The molecule has 2 nitrogen and oxygen atoms in total. The number of ketones is 1. The highest BCUT2D eigenvalue weighted by Crippen LogP contribution is 2.36. The highest BCUT2D eigenvalue weighted by molar-refractivity contribution is 5.87. The first-order chi connectivity index (χ1) is 7.03. The lowest BCUT2D eigenvalue weighted by atomic mass is 9.71. The standard InChI is InChI=1S/C13H23NO/c1-5-11(4)8-12(15)13(10(2)3)6-7-14-9-13/h10,14H,4-9H2,1-3H3. The molecule has 0 aromatic carbocycles. The van der Waals surface area contributed by atoms with Crippen LogP contribution in [0.15, 0.2) is 12.2 Å². The molecule has 1 fully saturated rings. The number of hydrogen-bond donors (Lipinski definition) is 1. The number of nitrogens with one attached hydrogen (secondary N) is 1. The van der Waals surface area contributed by atoms with Crippen LogP contribution in [0.4, 0.5) is 0 Å². The van der Waals surface area contributed by atoms with Gasteiger partial charge in [-0.05, 0) is 25.3 Å². The number of allylic oxidation sites excluding steroid dienone is 1. The van der Waals surface area contributed by atoms with E-state index in [2.05, 4.69) is 32.7 Å². The normalized spacial score (nSPS) is 25.9. The van der Waals surface area contributed by atoms with Crippen LogP contribution < -0.4 is 5.32 Å². The van der Waals surface area contributed by atoms with Crippen molar-refractivity contribution in [3.8, 4) is 0 Å². The molecule has 0 saturated carbocycles. The third kappa shape index (κ3) is 2.49. The average molecular weight is 209 g/mol. The number of rotatable bonds is 5. The zero-order chi connectivity index (χ0) is 11.5. The summed E-state index contributed by atoms with van der Waals surface area (Å²) in [6, 6.07) is 0. The summed E-state index contributed by atoms with van der Waals surface area (Å²) in [5, 5.41) is 3.32. The number of carbonyl (C=O) groups excluding carboxylic acids is 1. The third-order valence-corrected chi connectivity index (χ3v) is 3.76. The largest absolute Gasteiger partial charge is 0.316 e. The summed E-state index contributed by atoms with van der Waals surface area (Å²) in [6.07, 6.45) is 2.46. The van der Waals surface area contributed by atoms with Crippen LogP contribution in [0.1, 0.15) is 40.0 Å². The fourth-order valence-corrected chi connectivity index (χ4v) is 2.29. The lowest BCUT2D eigenvalue weighted by Crippen LogP contribution is -2.38. The predicted molar refractivity (Wildman–Crippen MR) is 63.8 cm³/mol. The van der Waals surface area contributed by atoms with Crippen LogP contribution in [0.25, 0.3) is 0 Å². The van der Waals surface area contributed by atoms with E-state index in [0.29, 0.717) is 18.1 Å². The van der Waals surface area contributed by atoms with E-state index >= 15 is 0 Å². The maximum absolute atomic E-state index is 12.3. The maximum Gasteiger partial charge on any atom is 0.144 e. The smallest absolute Gasteiger partial charge is 0.144 e. The molecular formula is C13H23NO. The second kappa shape index (κ2) is 4.93. The maximum atomic E-state index is 12.3. The molecule has 1 N–H and O–H groups in total. The molecule has 2 heteroatoms. The molecule has 0 spiro atoms. The van der Waals surface area contributed by atoms with Gasteiger partial charge in [-0.15, -0.1) is 0 Å². The minimum Gasteiger partial charge on any atom is -0.316 e. The van der Waals surface area contributed by atoms with Crippen molar-refractivity contribution in [2.24, 2.45) is 11.3 Å². The van der Waals surface area contributed by atoms with Gasteiger partial charge >= 0.3 is 0 Å². The zero-order valence-electron chi connectivity index (χ0n) is 10.2. The fourth-order valence-electron chi connectivity index (χ4n) is 2.29. The van der Waals surface area contributed by atoms with Gasteiger partial charge in [0.05, 0.1) is 0 Å². The molecule has 0 bridgehead atoms. The summed E-state index contributed by atoms with van der Waals surface area (Å²) in [4.78, 5) is 12.3. The molecule has 1 unspecified atom stereocenters. The Kier molecular flexibility index (Phi) is 4.09. The molecule has 1 aliphatic heterocycles. The van der Waals surface area contributed by atoms with Gasteiger partial charge in [0.2, 0.25) is 0 Å². The van der Waals surface area contributed by atoms with Crippen molar-refractivity contribution in [3.63, 3.8) is 0 Å². The van der Waals surface area contributed by atoms with Gasteiger partial charge in [-0.1, -0.05) is 32.9 Å². The SMILES string of the molecule is C=C(CC)CC(=O)C1(C(C)C)CCNC1. The summed E-state index contributed by atoms with van der Waals surface area (Å²) in [5.41, 5.74) is 0.935. The summed E-state index contributed by atoms with van der Waals surface area (Å²) in [5.74, 6) is 0.805. The van der Waals surface area contributed by atoms with Crippen LogP contribution in [0.3, 0.4) is 0 Å². The van der Waals surface area contributed by atoms with Crippen LogP contribution in [-0.4, -0.2) is 18.9 Å². The van der Waals surface area contributed by atoms with Crippen molar-refractivity contribution in [1.29, 1.82) is 0 Å². The minimum absolute atomic E-state index is 0.127. The fraction of sp³-hybridized carbons (Fsp3) is 0.769. The van der Waals surface area contributed by atoms with E-state index in [9.17, 15) is 4.79 Å². The summed E-state index contributed by atoms with van der Waals surface area (Å²) in [7, 11) is 0. The van der Waals surface area contributed by atoms with Crippen LogP contribution >= 0.6 is 0 Å². The number of carbonyl (C=O) groups is 1. The average Bonchev–Trinajstić information content (AvgIpc) is 2.67. The first-order valence-corrected chi connectivity index (χ1v) is 5.93. The molecule has 0 aliphatic carbocycles. The van der Waals surface area contributed by atoms with E-state index in [1.807, 2.05) is 0 Å². The lowest BCUT2D eigenvalue weighted by Gasteiger charge is -2.31. The molecular weight excluding hydrogens is 186 g/mol. The van der Waals surface area contributed by atoms with Crippen molar-refractivity contribution in [3.05, 3.63) is 12.2 Å². The van der Waals surface area contributed by atoms with Gasteiger partial charge in [-0.25, -0.2) is 0 Å². The number of hydrogen-bond acceptors (Lipinski definition) is 2. The van der Waals surface area contributed by atoms with Crippen molar-refractivity contribution in [1.82, 2.24) is 5.32 Å². The zero-order valence-corrected chi connectivity index (χ0v) is 10.2. The Morgan fingerprint density at radius 2 is 2.20 bits per heavy atom. The summed E-state index contributed by atoms with van der Waals surface area (Å²) < 4.78 is 0. The van der Waals surface area contributed by atoms with Crippen molar-refractivity contribution >= 4 is 5.78 Å². The summed E-state index contributed by atoms with van der Waals surface area (Å²) in [6.45, 7) is 12.1. The molecule has 0 aromatic heterocycles. The molecule has 15 heavy (non-hydrogen) atoms. The van der Waals surface area contributed by atoms with Crippen molar-refractivity contribution in [2.75, 3.05) is 13.1 Å². The first-order valence-electron chi connectivity index (χ1n) is 5.93. The molecule has 1 rings (SSSR count). The quantitative estimate of drug-likeness (QED) is 0.705. The van der Waals surface area contributed by atoms with E-state index in [0.717, 1.165) is 31.5 Å². The van der Waals surface area contributed by atoms with Crippen LogP contribution in [0.2, 0.25) is 0 Å². The second-order valence-corrected chi connectivity index (χ2v) is 4.94. The van der Waals surface area contributed by atoms with Gasteiger partial charge in [0.15, 0.2) is 0 Å². The Morgan fingerprint density at radius 1 is 1.53 bits per heavy atom. The Bertz CT molecular complexity index is 249. The second-order valence-electron chi connectivity index (χ2n) is 4.94. The molecule has 1 atom stereocenters. The Morgan fingerprint density at radius 3 is 2.60 bits per heavy atom. The van der Waals surface area contributed by atoms with Crippen LogP contribution in [0, 0.1) is 11.3 Å². The van der Waals surface area contributed by atoms with Gasteiger partial charge in [-0.2, -0.15) is 0 Å². The Hall–Kier alpha value is -0.630.